The van der Waals surface area contributed by atoms with Crippen molar-refractivity contribution in [1.82, 2.24) is 10.4 Å². The summed E-state index contributed by atoms with van der Waals surface area (Å²) in [6.07, 6.45) is 0. The Bertz CT molecular complexity index is 317. The van der Waals surface area contributed by atoms with Crippen LogP contribution in [0.2, 0.25) is 0 Å². The van der Waals surface area contributed by atoms with Crippen molar-refractivity contribution in [3.8, 4) is 11.3 Å². The second kappa shape index (κ2) is 1.70. The highest BCUT2D eigenvalue weighted by molar-refractivity contribution is 5.70. The summed E-state index contributed by atoms with van der Waals surface area (Å²) >= 11 is 0. The minimum absolute atomic E-state index is 0.409. The molecule has 0 unspecified atom stereocenters. The van der Waals surface area contributed by atoms with Gasteiger partial charge in [0.1, 0.15) is 0 Å². The average molecular weight is 135 g/mol. The number of nitrogens with zero attached hydrogens (tertiary/aromatic N) is 2. The van der Waals surface area contributed by atoms with Crippen LogP contribution in [0.25, 0.3) is 11.3 Å². The van der Waals surface area contributed by atoms with Gasteiger partial charge in [0.25, 0.3) is 0 Å². The lowest BCUT2D eigenvalue weighted by Crippen LogP contribution is -1.94. The lowest BCUT2D eigenvalue weighted by atomic mass is 10.3. The second-order valence-corrected chi connectivity index (χ2v) is 1.96. The van der Waals surface area contributed by atoms with E-state index in [0.29, 0.717) is 11.6 Å². The van der Waals surface area contributed by atoms with Gasteiger partial charge < -0.3 is 10.3 Å². The predicted molar refractivity (Wildman–Crippen MR) is 35.3 cm³/mol. The zero-order valence-electron chi connectivity index (χ0n) is 5.11. The van der Waals surface area contributed by atoms with Crippen LogP contribution in [-0.4, -0.2) is 10.4 Å². The van der Waals surface area contributed by atoms with E-state index in [2.05, 4.69) is 10.4 Å². The Labute approximate surface area is 57.0 Å². The summed E-state index contributed by atoms with van der Waals surface area (Å²) in [5, 5.41) is 6.88. The Kier molecular flexibility index (Phi) is 0.887. The van der Waals surface area contributed by atoms with Gasteiger partial charge in [0.2, 0.25) is 0 Å². The maximum absolute atomic E-state index is 5.47. The van der Waals surface area contributed by atoms with Crippen LogP contribution < -0.4 is 5.73 Å². The Morgan fingerprint density at radius 1 is 1.40 bits per heavy atom. The average Bonchev–Trinajstić information content (AvgIpc) is 2.36. The maximum atomic E-state index is 5.47. The molecule has 0 aromatic carbocycles. The Morgan fingerprint density at radius 2 is 2.30 bits per heavy atom. The van der Waals surface area contributed by atoms with Gasteiger partial charge in [-0.15, -0.1) is 0 Å². The zero-order valence-corrected chi connectivity index (χ0v) is 5.11. The van der Waals surface area contributed by atoms with Crippen LogP contribution in [0.5, 0.6) is 0 Å². The van der Waals surface area contributed by atoms with E-state index in [1.807, 2.05) is 12.1 Å². The third kappa shape index (κ3) is 0.556. The molecule has 1 heterocycles. The Hall–Kier alpha value is -1.58. The van der Waals surface area contributed by atoms with Crippen LogP contribution in [0.3, 0.4) is 0 Å². The van der Waals surface area contributed by atoms with E-state index in [0.717, 1.165) is 5.56 Å². The van der Waals surface area contributed by atoms with Gasteiger partial charge >= 0.3 is 0 Å². The molecule has 1 aliphatic carbocycles. The molecule has 0 radical (unpaired) electrons. The molecule has 10 heavy (non-hydrogen) atoms. The first-order chi connectivity index (χ1) is 4.88. The van der Waals surface area contributed by atoms with Crippen LogP contribution in [0.1, 0.15) is 0 Å². The summed E-state index contributed by atoms with van der Waals surface area (Å²) in [6, 6.07) is 5.47. The number of nitrogens with two attached hydrogens (primary N) is 1. The van der Waals surface area contributed by atoms with E-state index < -0.39 is 0 Å². The molecule has 2 aliphatic rings. The van der Waals surface area contributed by atoms with Crippen molar-refractivity contribution in [1.29, 1.82) is 0 Å². The topological polar surface area (TPSA) is 64.9 Å². The Morgan fingerprint density at radius 3 is 3.10 bits per heavy atom. The molecule has 0 aromatic rings. The zero-order chi connectivity index (χ0) is 6.97. The molecular weight excluding hydrogens is 130 g/mol. The van der Waals surface area contributed by atoms with Crippen LogP contribution in [0, 0.1) is 0 Å². The lowest BCUT2D eigenvalue weighted by molar-refractivity contribution is 0.375. The smallest absolute Gasteiger partial charge is 0.170 e. The summed E-state index contributed by atoms with van der Waals surface area (Å²) in [5.41, 5.74) is 6.28. The standard InChI is InChI=1S/C6H5N3O/c7-6-4-2-1-3-5(4)10-9-8-6/h1-3H,7H2. The van der Waals surface area contributed by atoms with Crippen molar-refractivity contribution in [3.63, 3.8) is 0 Å². The van der Waals surface area contributed by atoms with E-state index >= 15 is 0 Å². The number of nitrogen functional groups attached to an aromatic ring is 1. The first kappa shape index (κ1) is 5.22. The number of hydrogen-bond donors (Lipinski definition) is 1. The minimum atomic E-state index is 0.409. The highest BCUT2D eigenvalue weighted by Crippen LogP contribution is 2.24. The fraction of sp³-hybridized carbons (Fsp3) is 0. The highest BCUT2D eigenvalue weighted by atomic mass is 16.5. The van der Waals surface area contributed by atoms with E-state index in [-0.39, 0.29) is 0 Å². The molecule has 0 aromatic heterocycles. The van der Waals surface area contributed by atoms with E-state index in [1.54, 1.807) is 6.07 Å². The largest absolute Gasteiger partial charge is 0.381 e. The minimum Gasteiger partial charge on any atom is -0.381 e. The van der Waals surface area contributed by atoms with Crippen molar-refractivity contribution < 1.29 is 4.52 Å². The van der Waals surface area contributed by atoms with Crippen molar-refractivity contribution in [3.05, 3.63) is 18.2 Å². The van der Waals surface area contributed by atoms with Crippen molar-refractivity contribution in [2.24, 2.45) is 0 Å². The summed E-state index contributed by atoms with van der Waals surface area (Å²) in [7, 11) is 0. The van der Waals surface area contributed by atoms with Gasteiger partial charge in [0.05, 0.1) is 5.56 Å². The normalized spacial score (nSPS) is 10.4. The van der Waals surface area contributed by atoms with Crippen molar-refractivity contribution in [2.75, 3.05) is 5.73 Å². The molecule has 4 heteroatoms. The lowest BCUT2D eigenvalue weighted by Gasteiger charge is -1.95. The fourth-order valence-corrected chi connectivity index (χ4v) is 0.857. The molecular formula is C6H5N3O. The first-order valence-electron chi connectivity index (χ1n) is 2.84. The van der Waals surface area contributed by atoms with Crippen molar-refractivity contribution in [2.45, 2.75) is 0 Å². The maximum Gasteiger partial charge on any atom is 0.170 e. The number of fused-ring (bicyclic) bond motifs is 1. The number of rotatable bonds is 0. The van der Waals surface area contributed by atoms with Crippen LogP contribution in [0.15, 0.2) is 22.7 Å². The summed E-state index contributed by atoms with van der Waals surface area (Å²) in [4.78, 5) is 0. The van der Waals surface area contributed by atoms with E-state index in [9.17, 15) is 0 Å². The van der Waals surface area contributed by atoms with Crippen LogP contribution in [0.4, 0.5) is 5.82 Å². The molecule has 0 saturated heterocycles. The molecule has 0 atom stereocenters. The Balaban J connectivity index is 2.80. The van der Waals surface area contributed by atoms with Gasteiger partial charge in [-0.3, -0.25) is 0 Å². The van der Waals surface area contributed by atoms with Gasteiger partial charge in [0.15, 0.2) is 11.6 Å². The van der Waals surface area contributed by atoms with E-state index in [4.69, 9.17) is 10.3 Å². The fourth-order valence-electron chi connectivity index (χ4n) is 0.857. The third-order valence-electron chi connectivity index (χ3n) is 1.34. The van der Waals surface area contributed by atoms with Gasteiger partial charge in [0, 0.05) is 5.27 Å². The van der Waals surface area contributed by atoms with Gasteiger partial charge in [-0.1, -0.05) is 11.2 Å². The van der Waals surface area contributed by atoms with Gasteiger partial charge in [-0.05, 0) is 12.1 Å². The molecule has 0 spiro atoms. The van der Waals surface area contributed by atoms with E-state index in [1.165, 1.54) is 0 Å². The molecule has 0 amide bonds. The number of anilines is 1. The van der Waals surface area contributed by atoms with Gasteiger partial charge in [-0.25, -0.2) is 0 Å². The molecule has 4 nitrogen and oxygen atoms in total. The molecule has 2 N–H and O–H groups in total. The SMILES string of the molecule is Nc1nnoc2cccc1-2. The van der Waals surface area contributed by atoms with Crippen LogP contribution >= 0.6 is 0 Å². The molecule has 50 valence electrons. The summed E-state index contributed by atoms with van der Waals surface area (Å²) in [6.45, 7) is 0. The second-order valence-electron chi connectivity index (χ2n) is 1.96. The molecule has 0 fully saturated rings. The van der Waals surface area contributed by atoms with Crippen LogP contribution in [-0.2, 0) is 0 Å². The molecule has 1 aliphatic heterocycles. The monoisotopic (exact) mass is 135 g/mol. The highest BCUT2D eigenvalue weighted by Gasteiger charge is 2.08. The summed E-state index contributed by atoms with van der Waals surface area (Å²) < 4.78 is 4.79. The van der Waals surface area contributed by atoms with Crippen molar-refractivity contribution >= 4 is 5.82 Å². The van der Waals surface area contributed by atoms with Gasteiger partial charge in [-0.2, -0.15) is 0 Å². The summed E-state index contributed by atoms with van der Waals surface area (Å²) in [5.74, 6) is 1.08. The first-order valence-corrected chi connectivity index (χ1v) is 2.84. The molecule has 2 rings (SSSR count). The molecule has 0 bridgehead atoms. The third-order valence-corrected chi connectivity index (χ3v) is 1.34. The number of aromatic nitrogens is 2. The number of hydrogen-bond acceptors (Lipinski definition) is 4. The predicted octanol–water partition coefficient (Wildman–Crippen LogP) is 0.757. The molecule has 0 saturated carbocycles. The quantitative estimate of drug-likeness (QED) is 0.579.